The fourth-order valence-corrected chi connectivity index (χ4v) is 1.94. The van der Waals surface area contributed by atoms with Crippen molar-refractivity contribution >= 4 is 6.09 Å². The lowest BCUT2D eigenvalue weighted by molar-refractivity contribution is 0.0477. The van der Waals surface area contributed by atoms with Crippen molar-refractivity contribution in [3.05, 3.63) is 29.3 Å². The Hall–Kier alpha value is -2.36. The van der Waals surface area contributed by atoms with E-state index in [4.69, 9.17) is 14.7 Å². The number of amides is 1. The van der Waals surface area contributed by atoms with E-state index in [1.807, 2.05) is 0 Å². The van der Waals surface area contributed by atoms with Gasteiger partial charge in [0.25, 0.3) is 0 Å². The van der Waals surface area contributed by atoms with Gasteiger partial charge in [-0.1, -0.05) is 0 Å². The molecule has 0 unspecified atom stereocenters. The summed E-state index contributed by atoms with van der Waals surface area (Å²) in [7, 11) is 0. The molecule has 1 aliphatic carbocycles. The number of carbonyl (C=O) groups is 1. The van der Waals surface area contributed by atoms with Crippen LogP contribution in [0.25, 0.3) is 0 Å². The molecule has 0 saturated heterocycles. The molecule has 1 aromatic carbocycles. The van der Waals surface area contributed by atoms with E-state index in [9.17, 15) is 13.6 Å². The van der Waals surface area contributed by atoms with Crippen molar-refractivity contribution in [1.82, 2.24) is 5.32 Å². The van der Waals surface area contributed by atoms with Crippen LogP contribution in [0.5, 0.6) is 5.75 Å². The summed E-state index contributed by atoms with van der Waals surface area (Å²) < 4.78 is 37.6. The minimum Gasteiger partial charge on any atom is -0.491 e. The fourth-order valence-electron chi connectivity index (χ4n) is 1.94. The number of rotatable bonds is 4. The van der Waals surface area contributed by atoms with Crippen molar-refractivity contribution in [2.24, 2.45) is 0 Å². The first-order valence-corrected chi connectivity index (χ1v) is 7.17. The third-order valence-electron chi connectivity index (χ3n) is 3.26. The number of hydrogen-bond donors (Lipinski definition) is 1. The monoisotopic (exact) mass is 324 g/mol. The standard InChI is InChI=1S/C16H18F2N2O3/c1-15(2,3)23-14(21)20-16(4-5-16)9-22-10-6-12(17)11(8-19)13(18)7-10/h6-7H,4-5,9H2,1-3H3,(H,20,21). The Labute approximate surface area is 133 Å². The third-order valence-corrected chi connectivity index (χ3v) is 3.26. The van der Waals surface area contributed by atoms with Gasteiger partial charge in [-0.05, 0) is 33.6 Å². The van der Waals surface area contributed by atoms with Crippen LogP contribution in [0.2, 0.25) is 0 Å². The van der Waals surface area contributed by atoms with Crippen LogP contribution < -0.4 is 10.1 Å². The van der Waals surface area contributed by atoms with Crippen LogP contribution in [0.3, 0.4) is 0 Å². The highest BCUT2D eigenvalue weighted by molar-refractivity contribution is 5.69. The van der Waals surface area contributed by atoms with Crippen molar-refractivity contribution in [3.8, 4) is 11.8 Å². The van der Waals surface area contributed by atoms with E-state index in [2.05, 4.69) is 5.32 Å². The first-order valence-electron chi connectivity index (χ1n) is 7.17. The molecule has 5 nitrogen and oxygen atoms in total. The second kappa shape index (κ2) is 6.03. The predicted molar refractivity (Wildman–Crippen MR) is 77.9 cm³/mol. The van der Waals surface area contributed by atoms with Crippen LogP contribution in [0, 0.1) is 23.0 Å². The van der Waals surface area contributed by atoms with Gasteiger partial charge in [-0.2, -0.15) is 5.26 Å². The van der Waals surface area contributed by atoms with Crippen molar-refractivity contribution in [2.75, 3.05) is 6.61 Å². The van der Waals surface area contributed by atoms with E-state index < -0.39 is 34.4 Å². The number of nitrogens with zero attached hydrogens (tertiary/aromatic N) is 1. The van der Waals surface area contributed by atoms with E-state index in [1.54, 1.807) is 20.8 Å². The Kier molecular flexibility index (Phi) is 4.46. The van der Waals surface area contributed by atoms with Crippen molar-refractivity contribution in [1.29, 1.82) is 5.26 Å². The van der Waals surface area contributed by atoms with Gasteiger partial charge in [0.15, 0.2) is 0 Å². The maximum atomic E-state index is 13.5. The minimum absolute atomic E-state index is 0.0312. The Balaban J connectivity index is 1.96. The summed E-state index contributed by atoms with van der Waals surface area (Å²) in [5, 5.41) is 11.3. The molecule has 0 radical (unpaired) electrons. The smallest absolute Gasteiger partial charge is 0.408 e. The molecule has 1 amide bonds. The summed E-state index contributed by atoms with van der Waals surface area (Å²) in [6.07, 6.45) is 0.817. The lowest BCUT2D eigenvalue weighted by atomic mass is 10.2. The highest BCUT2D eigenvalue weighted by Gasteiger charge is 2.46. The molecule has 1 saturated carbocycles. The van der Waals surface area contributed by atoms with Gasteiger partial charge in [0.05, 0.1) is 5.54 Å². The average molecular weight is 324 g/mol. The quantitative estimate of drug-likeness (QED) is 0.922. The number of halogens is 2. The van der Waals surface area contributed by atoms with Crippen LogP contribution in [0.1, 0.15) is 39.2 Å². The van der Waals surface area contributed by atoms with Gasteiger partial charge in [0.2, 0.25) is 0 Å². The lowest BCUT2D eigenvalue weighted by Crippen LogP contribution is -2.44. The number of alkyl carbamates (subject to hydrolysis) is 1. The topological polar surface area (TPSA) is 71.3 Å². The van der Waals surface area contributed by atoms with E-state index in [-0.39, 0.29) is 12.4 Å². The van der Waals surface area contributed by atoms with Crippen molar-refractivity contribution in [2.45, 2.75) is 44.8 Å². The van der Waals surface area contributed by atoms with Crippen molar-refractivity contribution in [3.63, 3.8) is 0 Å². The molecule has 1 N–H and O–H groups in total. The van der Waals surface area contributed by atoms with Gasteiger partial charge in [0, 0.05) is 12.1 Å². The summed E-state index contributed by atoms with van der Waals surface area (Å²) in [4.78, 5) is 11.8. The molecule has 0 aromatic heterocycles. The number of ether oxygens (including phenoxy) is 2. The summed E-state index contributed by atoms with van der Waals surface area (Å²) in [5.74, 6) is -1.99. The van der Waals surface area contributed by atoms with E-state index in [1.165, 1.54) is 6.07 Å². The molecular weight excluding hydrogens is 306 g/mol. The molecule has 1 fully saturated rings. The zero-order valence-corrected chi connectivity index (χ0v) is 13.2. The average Bonchev–Trinajstić information content (AvgIpc) is 3.14. The van der Waals surface area contributed by atoms with Crippen molar-refractivity contribution < 1.29 is 23.0 Å². The second-order valence-electron chi connectivity index (χ2n) is 6.57. The number of nitriles is 1. The largest absolute Gasteiger partial charge is 0.491 e. The van der Waals surface area contributed by atoms with Gasteiger partial charge in [-0.15, -0.1) is 0 Å². The number of carbonyl (C=O) groups excluding carboxylic acids is 1. The van der Waals surface area contributed by atoms with Gasteiger partial charge in [-0.25, -0.2) is 13.6 Å². The van der Waals surface area contributed by atoms with E-state index >= 15 is 0 Å². The van der Waals surface area contributed by atoms with E-state index in [0.29, 0.717) is 12.8 Å². The highest BCUT2D eigenvalue weighted by Crippen LogP contribution is 2.36. The zero-order chi connectivity index (χ0) is 17.3. The number of benzene rings is 1. The molecule has 1 aliphatic rings. The number of nitrogens with one attached hydrogen (secondary N) is 1. The Morgan fingerprint density at radius 2 is 1.91 bits per heavy atom. The van der Waals surface area contributed by atoms with Crippen LogP contribution in [-0.4, -0.2) is 23.8 Å². The maximum Gasteiger partial charge on any atom is 0.408 e. The SMILES string of the molecule is CC(C)(C)OC(=O)NC1(COc2cc(F)c(C#N)c(F)c2)CC1. The first-order chi connectivity index (χ1) is 10.6. The molecule has 0 spiro atoms. The van der Waals surface area contributed by atoms with Crippen LogP contribution in [0.4, 0.5) is 13.6 Å². The molecular formula is C16H18F2N2O3. The summed E-state index contributed by atoms with van der Waals surface area (Å²) >= 11 is 0. The predicted octanol–water partition coefficient (Wildman–Crippen LogP) is 3.27. The van der Waals surface area contributed by atoms with Gasteiger partial charge >= 0.3 is 6.09 Å². The van der Waals surface area contributed by atoms with Gasteiger partial charge in [0.1, 0.15) is 41.2 Å². The lowest BCUT2D eigenvalue weighted by Gasteiger charge is -2.23. The molecule has 7 heteroatoms. The summed E-state index contributed by atoms with van der Waals surface area (Å²) in [6, 6.07) is 3.34. The molecule has 2 rings (SSSR count). The maximum absolute atomic E-state index is 13.5. The molecule has 0 heterocycles. The highest BCUT2D eigenvalue weighted by atomic mass is 19.1. The van der Waals surface area contributed by atoms with Crippen LogP contribution in [-0.2, 0) is 4.74 Å². The summed E-state index contributed by atoms with van der Waals surface area (Å²) in [6.45, 7) is 5.33. The van der Waals surface area contributed by atoms with Crippen LogP contribution >= 0.6 is 0 Å². The Bertz CT molecular complexity index is 635. The number of hydrogen-bond acceptors (Lipinski definition) is 4. The third kappa shape index (κ3) is 4.55. The molecule has 0 atom stereocenters. The molecule has 0 aliphatic heterocycles. The summed E-state index contributed by atoms with van der Waals surface area (Å²) in [5.41, 5.74) is -1.84. The zero-order valence-electron chi connectivity index (χ0n) is 13.2. The van der Waals surface area contributed by atoms with E-state index in [0.717, 1.165) is 12.1 Å². The molecule has 1 aromatic rings. The Morgan fingerprint density at radius 3 is 2.35 bits per heavy atom. The first kappa shape index (κ1) is 17.0. The molecule has 124 valence electrons. The fraction of sp³-hybridized carbons (Fsp3) is 0.500. The normalized spacial score (nSPS) is 15.5. The second-order valence-corrected chi connectivity index (χ2v) is 6.57. The Morgan fingerprint density at radius 1 is 1.35 bits per heavy atom. The van der Waals surface area contributed by atoms with Crippen LogP contribution in [0.15, 0.2) is 12.1 Å². The minimum atomic E-state index is -0.979. The molecule has 0 bridgehead atoms. The van der Waals surface area contributed by atoms with Gasteiger partial charge < -0.3 is 14.8 Å². The van der Waals surface area contributed by atoms with Gasteiger partial charge in [-0.3, -0.25) is 0 Å². The molecule has 23 heavy (non-hydrogen) atoms.